The molecule has 26 heavy (non-hydrogen) atoms. The summed E-state index contributed by atoms with van der Waals surface area (Å²) in [7, 11) is 0. The molecule has 0 saturated heterocycles. The SMILES string of the molecule is CCCOc1ccccc1NC(=O)CNC(=O)c1cccc([N+](=O)[O-])c1. The van der Waals surface area contributed by atoms with Crippen molar-refractivity contribution in [1.82, 2.24) is 5.32 Å². The molecular formula is C18H19N3O5. The van der Waals surface area contributed by atoms with Gasteiger partial charge >= 0.3 is 0 Å². The van der Waals surface area contributed by atoms with Crippen LogP contribution in [0.4, 0.5) is 11.4 Å². The summed E-state index contributed by atoms with van der Waals surface area (Å²) in [5, 5.41) is 15.9. The normalized spacial score (nSPS) is 10.0. The first-order valence-corrected chi connectivity index (χ1v) is 8.05. The van der Waals surface area contributed by atoms with Gasteiger partial charge in [0, 0.05) is 17.7 Å². The molecule has 0 aliphatic rings. The topological polar surface area (TPSA) is 111 Å². The molecule has 0 radical (unpaired) electrons. The van der Waals surface area contributed by atoms with Crippen LogP contribution in [0.25, 0.3) is 0 Å². The second-order valence-corrected chi connectivity index (χ2v) is 5.38. The minimum Gasteiger partial charge on any atom is -0.491 e. The van der Waals surface area contributed by atoms with E-state index in [0.717, 1.165) is 12.5 Å². The predicted molar refractivity (Wildman–Crippen MR) is 96.3 cm³/mol. The van der Waals surface area contributed by atoms with E-state index in [1.807, 2.05) is 6.92 Å². The van der Waals surface area contributed by atoms with Crippen molar-refractivity contribution in [3.63, 3.8) is 0 Å². The molecular weight excluding hydrogens is 338 g/mol. The fourth-order valence-corrected chi connectivity index (χ4v) is 2.13. The van der Waals surface area contributed by atoms with Gasteiger partial charge in [-0.3, -0.25) is 19.7 Å². The summed E-state index contributed by atoms with van der Waals surface area (Å²) >= 11 is 0. The van der Waals surface area contributed by atoms with E-state index in [2.05, 4.69) is 10.6 Å². The summed E-state index contributed by atoms with van der Waals surface area (Å²) in [6.45, 7) is 2.23. The average molecular weight is 357 g/mol. The minimum absolute atomic E-state index is 0.110. The number of carbonyl (C=O) groups excluding carboxylic acids is 2. The van der Waals surface area contributed by atoms with Gasteiger partial charge in [0.25, 0.3) is 11.6 Å². The Morgan fingerprint density at radius 1 is 1.15 bits per heavy atom. The van der Waals surface area contributed by atoms with E-state index < -0.39 is 16.7 Å². The maximum absolute atomic E-state index is 12.1. The Bertz CT molecular complexity index is 807. The summed E-state index contributed by atoms with van der Waals surface area (Å²) in [5.41, 5.74) is 0.429. The van der Waals surface area contributed by atoms with Crippen LogP contribution in [0.15, 0.2) is 48.5 Å². The molecule has 0 aliphatic heterocycles. The van der Waals surface area contributed by atoms with Crippen molar-refractivity contribution >= 4 is 23.2 Å². The number of carbonyl (C=O) groups is 2. The molecule has 8 nitrogen and oxygen atoms in total. The smallest absolute Gasteiger partial charge is 0.270 e. The van der Waals surface area contributed by atoms with E-state index in [0.29, 0.717) is 18.0 Å². The third kappa shape index (κ3) is 5.30. The molecule has 0 saturated carbocycles. The molecule has 2 rings (SSSR count). The van der Waals surface area contributed by atoms with Crippen LogP contribution in [-0.2, 0) is 4.79 Å². The van der Waals surface area contributed by atoms with Crippen molar-refractivity contribution in [3.8, 4) is 5.75 Å². The number of nitro benzene ring substituents is 1. The highest BCUT2D eigenvalue weighted by Crippen LogP contribution is 2.23. The maximum Gasteiger partial charge on any atom is 0.270 e. The van der Waals surface area contributed by atoms with Crippen LogP contribution in [0, 0.1) is 10.1 Å². The number of anilines is 1. The Morgan fingerprint density at radius 3 is 2.65 bits per heavy atom. The van der Waals surface area contributed by atoms with Crippen LogP contribution in [0.2, 0.25) is 0 Å². The number of benzene rings is 2. The molecule has 0 heterocycles. The van der Waals surface area contributed by atoms with Gasteiger partial charge in [0.15, 0.2) is 0 Å². The van der Waals surface area contributed by atoms with Gasteiger partial charge < -0.3 is 15.4 Å². The fourth-order valence-electron chi connectivity index (χ4n) is 2.13. The quantitative estimate of drug-likeness (QED) is 0.557. The van der Waals surface area contributed by atoms with Crippen molar-refractivity contribution in [2.24, 2.45) is 0 Å². The van der Waals surface area contributed by atoms with Gasteiger partial charge in [-0.15, -0.1) is 0 Å². The molecule has 8 heteroatoms. The summed E-state index contributed by atoms with van der Waals surface area (Å²) in [6.07, 6.45) is 0.835. The standard InChI is InChI=1S/C18H19N3O5/c1-2-10-26-16-9-4-3-8-15(16)20-17(22)12-19-18(23)13-6-5-7-14(11-13)21(24)25/h3-9,11H,2,10,12H2,1H3,(H,19,23)(H,20,22). The van der Waals surface area contributed by atoms with Gasteiger partial charge in [-0.1, -0.05) is 25.1 Å². The lowest BCUT2D eigenvalue weighted by Crippen LogP contribution is -2.33. The second kappa shape index (κ2) is 9.16. The number of non-ortho nitro benzene ring substituents is 1. The minimum atomic E-state index is -0.587. The highest BCUT2D eigenvalue weighted by atomic mass is 16.6. The van der Waals surface area contributed by atoms with Crippen molar-refractivity contribution in [2.45, 2.75) is 13.3 Å². The van der Waals surface area contributed by atoms with Gasteiger partial charge in [0.05, 0.1) is 23.8 Å². The fraction of sp³-hybridized carbons (Fsp3) is 0.222. The molecule has 2 aromatic carbocycles. The Morgan fingerprint density at radius 2 is 1.92 bits per heavy atom. The number of rotatable bonds is 8. The number of nitrogens with one attached hydrogen (secondary N) is 2. The zero-order chi connectivity index (χ0) is 18.9. The molecule has 136 valence electrons. The monoisotopic (exact) mass is 357 g/mol. The lowest BCUT2D eigenvalue weighted by Gasteiger charge is -2.12. The summed E-state index contributed by atoms with van der Waals surface area (Å²) in [6, 6.07) is 12.3. The number of nitro groups is 1. The zero-order valence-electron chi connectivity index (χ0n) is 14.2. The van der Waals surface area contributed by atoms with Crippen LogP contribution < -0.4 is 15.4 Å². The van der Waals surface area contributed by atoms with Crippen LogP contribution in [0.3, 0.4) is 0 Å². The van der Waals surface area contributed by atoms with Gasteiger partial charge in [0.2, 0.25) is 5.91 Å². The second-order valence-electron chi connectivity index (χ2n) is 5.38. The first kappa shape index (κ1) is 18.9. The Balaban J connectivity index is 1.94. The van der Waals surface area contributed by atoms with Crippen LogP contribution in [-0.4, -0.2) is 29.9 Å². The van der Waals surface area contributed by atoms with Crippen molar-refractivity contribution < 1.29 is 19.2 Å². The third-order valence-corrected chi connectivity index (χ3v) is 3.35. The molecule has 2 N–H and O–H groups in total. The Labute approximate surface area is 150 Å². The molecule has 0 bridgehead atoms. The lowest BCUT2D eigenvalue weighted by atomic mass is 10.2. The molecule has 0 fully saturated rings. The molecule has 2 amide bonds. The van der Waals surface area contributed by atoms with Crippen molar-refractivity contribution in [1.29, 1.82) is 0 Å². The van der Waals surface area contributed by atoms with Crippen LogP contribution >= 0.6 is 0 Å². The molecule has 0 atom stereocenters. The third-order valence-electron chi connectivity index (χ3n) is 3.35. The molecule has 0 aromatic heterocycles. The van der Waals surface area contributed by atoms with Crippen LogP contribution in [0.1, 0.15) is 23.7 Å². The predicted octanol–water partition coefficient (Wildman–Crippen LogP) is 2.75. The van der Waals surface area contributed by atoms with Gasteiger partial charge in [0.1, 0.15) is 5.75 Å². The molecule has 0 aliphatic carbocycles. The highest BCUT2D eigenvalue weighted by Gasteiger charge is 2.13. The van der Waals surface area contributed by atoms with E-state index in [-0.39, 0.29) is 17.8 Å². The van der Waals surface area contributed by atoms with Gasteiger partial charge in [-0.25, -0.2) is 0 Å². The van der Waals surface area contributed by atoms with Gasteiger partial charge in [-0.05, 0) is 24.6 Å². The number of ether oxygens (including phenoxy) is 1. The molecule has 0 spiro atoms. The number of hydrogen-bond donors (Lipinski definition) is 2. The van der Waals surface area contributed by atoms with Crippen molar-refractivity contribution in [3.05, 3.63) is 64.2 Å². The largest absolute Gasteiger partial charge is 0.491 e. The summed E-state index contributed by atoms with van der Waals surface area (Å²) in [4.78, 5) is 34.3. The Kier molecular flexibility index (Phi) is 6.67. The molecule has 0 unspecified atom stereocenters. The van der Waals surface area contributed by atoms with Crippen LogP contribution in [0.5, 0.6) is 5.75 Å². The Hall–Kier alpha value is -3.42. The van der Waals surface area contributed by atoms with E-state index in [9.17, 15) is 19.7 Å². The number of amides is 2. The van der Waals surface area contributed by atoms with Gasteiger partial charge in [-0.2, -0.15) is 0 Å². The molecule has 2 aromatic rings. The number of para-hydroxylation sites is 2. The first-order valence-electron chi connectivity index (χ1n) is 8.05. The van der Waals surface area contributed by atoms with E-state index in [1.54, 1.807) is 24.3 Å². The summed E-state index contributed by atoms with van der Waals surface area (Å²) in [5.74, 6) is -0.455. The number of nitrogens with zero attached hydrogens (tertiary/aromatic N) is 1. The zero-order valence-corrected chi connectivity index (χ0v) is 14.2. The summed E-state index contributed by atoms with van der Waals surface area (Å²) < 4.78 is 5.55. The first-order chi connectivity index (χ1) is 12.5. The average Bonchev–Trinajstić information content (AvgIpc) is 2.65. The van der Waals surface area contributed by atoms with E-state index in [4.69, 9.17) is 4.74 Å². The van der Waals surface area contributed by atoms with E-state index >= 15 is 0 Å². The maximum atomic E-state index is 12.1. The highest BCUT2D eigenvalue weighted by molar-refractivity contribution is 6.00. The van der Waals surface area contributed by atoms with Crippen molar-refractivity contribution in [2.75, 3.05) is 18.5 Å². The number of hydrogen-bond acceptors (Lipinski definition) is 5. The van der Waals surface area contributed by atoms with E-state index in [1.165, 1.54) is 18.2 Å². The lowest BCUT2D eigenvalue weighted by molar-refractivity contribution is -0.384.